The van der Waals surface area contributed by atoms with Gasteiger partial charge < -0.3 is 29.3 Å². The molecule has 0 bridgehead atoms. The predicted octanol–water partition coefficient (Wildman–Crippen LogP) is 1.65. The van der Waals surface area contributed by atoms with Crippen molar-refractivity contribution in [3.63, 3.8) is 0 Å². The molecule has 9 heteroatoms. The van der Waals surface area contributed by atoms with E-state index in [-0.39, 0.29) is 18.4 Å². The number of carbonyl (C=O) groups excluding carboxylic acids is 2. The Morgan fingerprint density at radius 3 is 2.20 bits per heavy atom. The second-order valence-electron chi connectivity index (χ2n) is 6.76. The van der Waals surface area contributed by atoms with Crippen molar-refractivity contribution in [2.45, 2.75) is 0 Å². The summed E-state index contributed by atoms with van der Waals surface area (Å²) in [7, 11) is 4.59. The number of nitrogens with zero attached hydrogens (tertiary/aromatic N) is 3. The molecule has 1 aliphatic heterocycles. The molecule has 0 unspecified atom stereocenters. The Labute approximate surface area is 175 Å². The second kappa shape index (κ2) is 9.93. The van der Waals surface area contributed by atoms with Crippen LogP contribution in [0.4, 0.5) is 11.5 Å². The molecule has 0 radical (unpaired) electrons. The molecule has 1 N–H and O–H groups in total. The minimum absolute atomic E-state index is 0.00246. The molecule has 2 heterocycles. The highest BCUT2D eigenvalue weighted by Crippen LogP contribution is 2.23. The van der Waals surface area contributed by atoms with Crippen LogP contribution in [0.5, 0.6) is 11.5 Å². The highest BCUT2D eigenvalue weighted by molar-refractivity contribution is 6.04. The molecule has 160 valence electrons. The number of piperazine rings is 1. The van der Waals surface area contributed by atoms with Crippen LogP contribution in [0.3, 0.4) is 0 Å². The number of benzene rings is 1. The zero-order valence-electron chi connectivity index (χ0n) is 17.4. The molecule has 1 aliphatic rings. The van der Waals surface area contributed by atoms with Gasteiger partial charge in [-0.2, -0.15) is 0 Å². The third-order valence-electron chi connectivity index (χ3n) is 4.84. The first kappa shape index (κ1) is 21.4. The third kappa shape index (κ3) is 5.18. The summed E-state index contributed by atoms with van der Waals surface area (Å²) in [5.41, 5.74) is 1.01. The Bertz CT molecular complexity index is 857. The number of nitrogens with one attached hydrogen (secondary N) is 1. The number of carbonyl (C=O) groups is 2. The number of ether oxygens (including phenoxy) is 3. The summed E-state index contributed by atoms with van der Waals surface area (Å²) in [4.78, 5) is 32.8. The van der Waals surface area contributed by atoms with Gasteiger partial charge in [0.2, 0.25) is 5.91 Å². The van der Waals surface area contributed by atoms with E-state index in [0.29, 0.717) is 48.9 Å². The summed E-state index contributed by atoms with van der Waals surface area (Å²) in [6.45, 7) is 2.74. The van der Waals surface area contributed by atoms with E-state index in [1.807, 2.05) is 6.07 Å². The zero-order chi connectivity index (χ0) is 21.5. The molecule has 0 aliphatic carbocycles. The van der Waals surface area contributed by atoms with E-state index in [1.54, 1.807) is 35.4 Å². The van der Waals surface area contributed by atoms with Gasteiger partial charge in [-0.1, -0.05) is 0 Å². The molecule has 1 aromatic carbocycles. The average molecular weight is 414 g/mol. The van der Waals surface area contributed by atoms with Crippen LogP contribution in [0, 0.1) is 0 Å². The minimum atomic E-state index is -0.285. The van der Waals surface area contributed by atoms with Crippen LogP contribution >= 0.6 is 0 Å². The smallest absolute Gasteiger partial charge is 0.255 e. The molecule has 1 saturated heterocycles. The van der Waals surface area contributed by atoms with E-state index in [0.717, 1.165) is 5.82 Å². The van der Waals surface area contributed by atoms with Crippen molar-refractivity contribution >= 4 is 23.3 Å². The number of rotatable bonds is 7. The van der Waals surface area contributed by atoms with Gasteiger partial charge in [0.05, 0.1) is 26.1 Å². The Morgan fingerprint density at radius 1 is 1.00 bits per heavy atom. The quantitative estimate of drug-likeness (QED) is 0.736. The lowest BCUT2D eigenvalue weighted by molar-refractivity contribution is -0.135. The number of pyridine rings is 1. The van der Waals surface area contributed by atoms with Gasteiger partial charge in [0.25, 0.3) is 5.91 Å². The Morgan fingerprint density at radius 2 is 1.67 bits per heavy atom. The summed E-state index contributed by atoms with van der Waals surface area (Å²) < 4.78 is 15.3. The number of aromatic nitrogens is 1. The number of hydrogen-bond acceptors (Lipinski definition) is 7. The topological polar surface area (TPSA) is 93.2 Å². The van der Waals surface area contributed by atoms with Crippen LogP contribution in [0.25, 0.3) is 0 Å². The molecule has 3 rings (SSSR count). The molecule has 0 atom stereocenters. The molecular formula is C21H26N4O5. The second-order valence-corrected chi connectivity index (χ2v) is 6.76. The first-order valence-corrected chi connectivity index (χ1v) is 9.56. The van der Waals surface area contributed by atoms with E-state index >= 15 is 0 Å². The van der Waals surface area contributed by atoms with Crippen molar-refractivity contribution in [2.75, 3.05) is 64.3 Å². The van der Waals surface area contributed by atoms with Gasteiger partial charge in [-0.05, 0) is 24.3 Å². The SMILES string of the molecule is COCC(=O)N1CCN(c2ccc(NC(=O)c3cc(OC)cc(OC)c3)cn2)CC1. The number of anilines is 2. The van der Waals surface area contributed by atoms with Gasteiger partial charge >= 0.3 is 0 Å². The van der Waals surface area contributed by atoms with Gasteiger partial charge in [-0.3, -0.25) is 9.59 Å². The van der Waals surface area contributed by atoms with Crippen molar-refractivity contribution in [3.8, 4) is 11.5 Å². The molecule has 1 fully saturated rings. The lowest BCUT2D eigenvalue weighted by Gasteiger charge is -2.35. The van der Waals surface area contributed by atoms with E-state index in [2.05, 4.69) is 15.2 Å². The fourth-order valence-electron chi connectivity index (χ4n) is 3.19. The van der Waals surface area contributed by atoms with Crippen LogP contribution in [-0.4, -0.2) is 75.8 Å². The molecule has 2 aromatic rings. The van der Waals surface area contributed by atoms with E-state index in [4.69, 9.17) is 14.2 Å². The third-order valence-corrected chi connectivity index (χ3v) is 4.84. The fraction of sp³-hybridized carbons (Fsp3) is 0.381. The normalized spacial score (nSPS) is 13.7. The van der Waals surface area contributed by atoms with Crippen LogP contribution in [0.15, 0.2) is 36.5 Å². The largest absolute Gasteiger partial charge is 0.497 e. The van der Waals surface area contributed by atoms with Crippen LogP contribution in [-0.2, 0) is 9.53 Å². The maximum Gasteiger partial charge on any atom is 0.255 e. The highest BCUT2D eigenvalue weighted by atomic mass is 16.5. The fourth-order valence-corrected chi connectivity index (χ4v) is 3.19. The average Bonchev–Trinajstić information content (AvgIpc) is 2.79. The molecular weight excluding hydrogens is 388 g/mol. The summed E-state index contributed by atoms with van der Waals surface area (Å²) in [5.74, 6) is 1.59. The first-order chi connectivity index (χ1) is 14.5. The molecule has 2 amide bonds. The maximum absolute atomic E-state index is 12.6. The van der Waals surface area contributed by atoms with Crippen LogP contribution < -0.4 is 19.7 Å². The van der Waals surface area contributed by atoms with Crippen molar-refractivity contribution in [3.05, 3.63) is 42.1 Å². The van der Waals surface area contributed by atoms with Gasteiger partial charge in [0.15, 0.2) is 0 Å². The Kier molecular flexibility index (Phi) is 7.08. The van der Waals surface area contributed by atoms with Crippen molar-refractivity contribution in [1.29, 1.82) is 0 Å². The predicted molar refractivity (Wildman–Crippen MR) is 112 cm³/mol. The lowest BCUT2D eigenvalue weighted by atomic mass is 10.2. The van der Waals surface area contributed by atoms with Crippen molar-refractivity contribution in [1.82, 2.24) is 9.88 Å². The van der Waals surface area contributed by atoms with Gasteiger partial charge in [-0.25, -0.2) is 4.98 Å². The monoisotopic (exact) mass is 414 g/mol. The molecule has 1 aromatic heterocycles. The molecule has 0 spiro atoms. The number of methoxy groups -OCH3 is 3. The maximum atomic E-state index is 12.6. The summed E-state index contributed by atoms with van der Waals surface area (Å²) in [5, 5.41) is 2.83. The van der Waals surface area contributed by atoms with Gasteiger partial charge in [-0.15, -0.1) is 0 Å². The van der Waals surface area contributed by atoms with Crippen molar-refractivity contribution in [2.24, 2.45) is 0 Å². The van der Waals surface area contributed by atoms with Gasteiger partial charge in [0.1, 0.15) is 23.9 Å². The zero-order valence-corrected chi connectivity index (χ0v) is 17.4. The lowest BCUT2D eigenvalue weighted by Crippen LogP contribution is -2.49. The Hall–Kier alpha value is -3.33. The van der Waals surface area contributed by atoms with E-state index < -0.39 is 0 Å². The first-order valence-electron chi connectivity index (χ1n) is 9.56. The summed E-state index contributed by atoms with van der Waals surface area (Å²) in [6.07, 6.45) is 1.62. The standard InChI is InChI=1S/C21H26N4O5/c1-28-14-20(26)25-8-6-24(7-9-25)19-5-4-16(13-22-19)23-21(27)15-10-17(29-2)12-18(11-15)30-3/h4-5,10-13H,6-9,14H2,1-3H3,(H,23,27). The minimum Gasteiger partial charge on any atom is -0.497 e. The summed E-state index contributed by atoms with van der Waals surface area (Å²) in [6, 6.07) is 8.65. The van der Waals surface area contributed by atoms with Crippen molar-refractivity contribution < 1.29 is 23.8 Å². The molecule has 30 heavy (non-hydrogen) atoms. The summed E-state index contributed by atoms with van der Waals surface area (Å²) >= 11 is 0. The molecule has 9 nitrogen and oxygen atoms in total. The number of hydrogen-bond donors (Lipinski definition) is 1. The molecule has 0 saturated carbocycles. The number of amides is 2. The highest BCUT2D eigenvalue weighted by Gasteiger charge is 2.21. The van der Waals surface area contributed by atoms with E-state index in [9.17, 15) is 9.59 Å². The Balaban J connectivity index is 1.60. The van der Waals surface area contributed by atoms with Gasteiger partial charge in [0, 0.05) is 44.9 Å². The van der Waals surface area contributed by atoms with Crippen LogP contribution in [0.2, 0.25) is 0 Å². The van der Waals surface area contributed by atoms with E-state index in [1.165, 1.54) is 21.3 Å². The van der Waals surface area contributed by atoms with Crippen LogP contribution in [0.1, 0.15) is 10.4 Å².